The summed E-state index contributed by atoms with van der Waals surface area (Å²) >= 11 is 5.84. The zero-order chi connectivity index (χ0) is 13.9. The lowest BCUT2D eigenvalue weighted by atomic mass is 10.2. The van der Waals surface area contributed by atoms with Gasteiger partial charge in [0.25, 0.3) is 0 Å². The van der Waals surface area contributed by atoms with Gasteiger partial charge in [0, 0.05) is 36.9 Å². The largest absolute Gasteiger partial charge is 0.342 e. The van der Waals surface area contributed by atoms with E-state index in [0.29, 0.717) is 5.02 Å². The van der Waals surface area contributed by atoms with Crippen LogP contribution in [-0.2, 0) is 0 Å². The molecule has 1 aromatic carbocycles. The van der Waals surface area contributed by atoms with Gasteiger partial charge in [-0.05, 0) is 37.1 Å². The van der Waals surface area contributed by atoms with Crippen molar-refractivity contribution < 1.29 is 4.79 Å². The summed E-state index contributed by atoms with van der Waals surface area (Å²) in [5.41, 5.74) is 0.743. The Balaban J connectivity index is 1.72. The van der Waals surface area contributed by atoms with Gasteiger partial charge in [-0.1, -0.05) is 11.6 Å². The van der Waals surface area contributed by atoms with Crippen molar-refractivity contribution in [3.8, 4) is 0 Å². The third kappa shape index (κ3) is 2.72. The van der Waals surface area contributed by atoms with Gasteiger partial charge in [-0.15, -0.1) is 0 Å². The lowest BCUT2D eigenvalue weighted by Gasteiger charge is -2.39. The average Bonchev–Trinajstić information content (AvgIpc) is 2.49. The zero-order valence-corrected chi connectivity index (χ0v) is 11.9. The molecule has 2 aliphatic rings. The minimum Gasteiger partial charge on any atom is -0.342 e. The Kier molecular flexibility index (Phi) is 3.78. The topological polar surface area (TPSA) is 47.9 Å². The molecule has 1 N–H and O–H groups in total. The quantitative estimate of drug-likeness (QED) is 0.865. The fourth-order valence-electron chi connectivity index (χ4n) is 2.54. The second kappa shape index (κ2) is 5.71. The van der Waals surface area contributed by atoms with Gasteiger partial charge in [-0.25, -0.2) is 4.79 Å². The number of nitrogens with one attached hydrogen (secondary N) is 1. The maximum atomic E-state index is 12.4. The first-order chi connectivity index (χ1) is 9.74. The second-order valence-corrected chi connectivity index (χ2v) is 5.40. The maximum Gasteiger partial charge on any atom is 0.328 e. The second-order valence-electron chi connectivity index (χ2n) is 4.96. The molecule has 2 aliphatic heterocycles. The molecule has 0 aromatic heterocycles. The van der Waals surface area contributed by atoms with Crippen molar-refractivity contribution in [2.24, 2.45) is 4.99 Å². The molecule has 5 nitrogen and oxygen atoms in total. The Labute approximate surface area is 123 Å². The third-order valence-electron chi connectivity index (χ3n) is 3.51. The van der Waals surface area contributed by atoms with Crippen LogP contribution in [0.1, 0.15) is 12.8 Å². The van der Waals surface area contributed by atoms with Crippen LogP contribution < -0.4 is 5.32 Å². The van der Waals surface area contributed by atoms with Crippen LogP contribution in [0, 0.1) is 0 Å². The van der Waals surface area contributed by atoms with E-state index in [9.17, 15) is 4.79 Å². The standard InChI is InChI=1S/C14H17ClN4O/c15-11-3-5-12(6-4-11)17-14(20)19-10-2-9-18-8-1-7-16-13(18)19/h3-6H,1-2,7-10H2,(H,17,20). The number of amides is 2. The Hall–Kier alpha value is -1.75. The molecular weight excluding hydrogens is 276 g/mol. The van der Waals surface area contributed by atoms with E-state index in [1.54, 1.807) is 29.2 Å². The lowest BCUT2D eigenvalue weighted by molar-refractivity contribution is 0.211. The number of urea groups is 1. The third-order valence-corrected chi connectivity index (χ3v) is 3.77. The summed E-state index contributed by atoms with van der Waals surface area (Å²) in [5, 5.41) is 3.55. The summed E-state index contributed by atoms with van der Waals surface area (Å²) < 4.78 is 0. The van der Waals surface area contributed by atoms with Crippen LogP contribution in [0.25, 0.3) is 0 Å². The first-order valence-electron chi connectivity index (χ1n) is 6.87. The van der Waals surface area contributed by atoms with Gasteiger partial charge in [-0.2, -0.15) is 0 Å². The maximum absolute atomic E-state index is 12.4. The van der Waals surface area contributed by atoms with E-state index in [1.807, 2.05) is 0 Å². The summed E-state index contributed by atoms with van der Waals surface area (Å²) in [6.07, 6.45) is 2.04. The summed E-state index contributed by atoms with van der Waals surface area (Å²) in [4.78, 5) is 20.8. The van der Waals surface area contributed by atoms with Crippen molar-refractivity contribution >= 4 is 29.3 Å². The van der Waals surface area contributed by atoms with Gasteiger partial charge < -0.3 is 10.2 Å². The van der Waals surface area contributed by atoms with E-state index in [1.165, 1.54) is 0 Å². The van der Waals surface area contributed by atoms with Crippen molar-refractivity contribution in [3.63, 3.8) is 0 Å². The highest BCUT2D eigenvalue weighted by atomic mass is 35.5. The Morgan fingerprint density at radius 1 is 1.15 bits per heavy atom. The van der Waals surface area contributed by atoms with E-state index >= 15 is 0 Å². The summed E-state index contributed by atoms with van der Waals surface area (Å²) in [7, 11) is 0. The molecule has 3 rings (SSSR count). The molecule has 1 saturated heterocycles. The number of rotatable bonds is 1. The number of carbonyl (C=O) groups excluding carboxylic acids is 1. The predicted molar refractivity (Wildman–Crippen MR) is 80.3 cm³/mol. The molecule has 0 aliphatic carbocycles. The van der Waals surface area contributed by atoms with Crippen molar-refractivity contribution in [1.29, 1.82) is 0 Å². The van der Waals surface area contributed by atoms with Crippen LogP contribution in [0.3, 0.4) is 0 Å². The average molecular weight is 293 g/mol. The number of nitrogens with zero attached hydrogens (tertiary/aromatic N) is 3. The molecule has 0 radical (unpaired) electrons. The molecular formula is C14H17ClN4O. The fraction of sp³-hybridized carbons (Fsp3) is 0.429. The lowest BCUT2D eigenvalue weighted by Crippen LogP contribution is -2.55. The smallest absolute Gasteiger partial charge is 0.328 e. The Morgan fingerprint density at radius 2 is 1.90 bits per heavy atom. The number of guanidine groups is 1. The number of anilines is 1. The number of hydrogen-bond donors (Lipinski definition) is 1. The normalized spacial score (nSPS) is 18.4. The summed E-state index contributed by atoms with van der Waals surface area (Å²) in [5.74, 6) is 0.814. The van der Waals surface area contributed by atoms with Gasteiger partial charge in [0.05, 0.1) is 0 Å². The monoisotopic (exact) mass is 292 g/mol. The van der Waals surface area contributed by atoms with E-state index in [-0.39, 0.29) is 6.03 Å². The molecule has 0 bridgehead atoms. The first kappa shape index (κ1) is 13.2. The van der Waals surface area contributed by atoms with Crippen molar-refractivity contribution in [3.05, 3.63) is 29.3 Å². The molecule has 1 fully saturated rings. The van der Waals surface area contributed by atoms with Crippen LogP contribution in [0.15, 0.2) is 29.3 Å². The first-order valence-corrected chi connectivity index (χ1v) is 7.25. The van der Waals surface area contributed by atoms with Crippen LogP contribution >= 0.6 is 11.6 Å². The molecule has 1 aromatic rings. The molecule has 6 heteroatoms. The zero-order valence-electron chi connectivity index (χ0n) is 11.2. The molecule has 0 atom stereocenters. The van der Waals surface area contributed by atoms with Gasteiger partial charge in [0.2, 0.25) is 5.96 Å². The minimum atomic E-state index is -0.127. The highest BCUT2D eigenvalue weighted by molar-refractivity contribution is 6.30. The highest BCUT2D eigenvalue weighted by Gasteiger charge is 2.29. The number of carbonyl (C=O) groups is 1. The van der Waals surface area contributed by atoms with Crippen LogP contribution in [-0.4, -0.2) is 48.0 Å². The van der Waals surface area contributed by atoms with Crippen molar-refractivity contribution in [2.75, 3.05) is 31.5 Å². The van der Waals surface area contributed by atoms with Crippen LogP contribution in [0.2, 0.25) is 5.02 Å². The minimum absolute atomic E-state index is 0.127. The Morgan fingerprint density at radius 3 is 2.70 bits per heavy atom. The van der Waals surface area contributed by atoms with E-state index < -0.39 is 0 Å². The van der Waals surface area contributed by atoms with Crippen molar-refractivity contribution in [1.82, 2.24) is 9.80 Å². The van der Waals surface area contributed by atoms with Crippen molar-refractivity contribution in [2.45, 2.75) is 12.8 Å². The number of benzene rings is 1. The summed E-state index contributed by atoms with van der Waals surface area (Å²) in [6, 6.07) is 6.99. The highest BCUT2D eigenvalue weighted by Crippen LogP contribution is 2.17. The molecule has 2 amide bonds. The number of halogens is 1. The number of hydrogen-bond acceptors (Lipinski definition) is 3. The molecule has 0 saturated carbocycles. The fourth-order valence-corrected chi connectivity index (χ4v) is 2.67. The van der Waals surface area contributed by atoms with E-state index in [4.69, 9.17) is 11.6 Å². The number of fused-ring (bicyclic) bond motifs is 1. The SMILES string of the molecule is O=C(Nc1ccc(Cl)cc1)N1CCCN2CCCN=C21. The molecule has 2 heterocycles. The van der Waals surface area contributed by atoms with Gasteiger partial charge >= 0.3 is 6.03 Å². The number of aliphatic imine (C=N–C) groups is 1. The van der Waals surface area contributed by atoms with Crippen LogP contribution in [0.5, 0.6) is 0 Å². The molecule has 106 valence electrons. The summed E-state index contributed by atoms with van der Waals surface area (Å²) in [6.45, 7) is 3.50. The van der Waals surface area contributed by atoms with E-state index in [2.05, 4.69) is 15.2 Å². The van der Waals surface area contributed by atoms with Gasteiger partial charge in [0.1, 0.15) is 0 Å². The molecule has 0 unspecified atom stereocenters. The Bertz CT molecular complexity index is 528. The molecule has 20 heavy (non-hydrogen) atoms. The van der Waals surface area contributed by atoms with Gasteiger partial charge in [0.15, 0.2) is 0 Å². The van der Waals surface area contributed by atoms with E-state index in [0.717, 1.165) is 50.7 Å². The predicted octanol–water partition coefficient (Wildman–Crippen LogP) is 2.64. The van der Waals surface area contributed by atoms with Gasteiger partial charge in [-0.3, -0.25) is 9.89 Å². The van der Waals surface area contributed by atoms with Crippen LogP contribution in [0.4, 0.5) is 10.5 Å². The molecule has 0 spiro atoms.